The standard InChI is InChI=1S/C19H20ClNO2/c1-2-6-21-7-5-12-8-13(20)10-14-17(12)15(21)9-11-3-4-16(22)19(23)18(11)14/h3-4,8,10,15,22-23H,2,5-7,9H2,1H3/t15-/m1/s1/i6-1. The zero-order chi connectivity index (χ0) is 16.1. The third-order valence-electron chi connectivity index (χ3n) is 5.11. The molecule has 2 N–H and O–H groups in total. The second-order valence-electron chi connectivity index (χ2n) is 6.50. The van der Waals surface area contributed by atoms with Crippen LogP contribution in [0.2, 0.25) is 5.02 Å². The van der Waals surface area contributed by atoms with Gasteiger partial charge in [-0.3, -0.25) is 4.90 Å². The Morgan fingerprint density at radius 2 is 2.04 bits per heavy atom. The van der Waals surface area contributed by atoms with Crippen molar-refractivity contribution in [1.82, 2.24) is 4.90 Å². The van der Waals surface area contributed by atoms with Gasteiger partial charge >= 0.3 is 0 Å². The summed E-state index contributed by atoms with van der Waals surface area (Å²) in [5.74, 6) is -0.102. The van der Waals surface area contributed by atoms with Gasteiger partial charge in [-0.15, -0.1) is 0 Å². The highest BCUT2D eigenvalue weighted by Gasteiger charge is 2.35. The Balaban J connectivity index is 1.98. The van der Waals surface area contributed by atoms with Crippen molar-refractivity contribution < 1.29 is 10.2 Å². The number of rotatable bonds is 2. The van der Waals surface area contributed by atoms with E-state index in [0.29, 0.717) is 11.1 Å². The van der Waals surface area contributed by atoms with Gasteiger partial charge in [-0.2, -0.15) is 0 Å². The molecule has 1 heterocycles. The monoisotopic (exact) mass is 328 g/mol. The number of halogens is 1. The van der Waals surface area contributed by atoms with Crippen LogP contribution in [0.1, 0.15) is 36.1 Å². The van der Waals surface area contributed by atoms with Crippen molar-refractivity contribution >= 4 is 11.6 Å². The highest BCUT2D eigenvalue weighted by Crippen LogP contribution is 2.51. The van der Waals surface area contributed by atoms with Crippen molar-refractivity contribution in [3.63, 3.8) is 0 Å². The van der Waals surface area contributed by atoms with Gasteiger partial charge in [0, 0.05) is 23.2 Å². The minimum Gasteiger partial charge on any atom is -0.504 e. The van der Waals surface area contributed by atoms with E-state index in [0.717, 1.165) is 49.0 Å². The Hall–Kier alpha value is -1.71. The maximum absolute atomic E-state index is 10.4. The fourth-order valence-corrected chi connectivity index (χ4v) is 4.41. The molecule has 0 fully saturated rings. The molecule has 0 aromatic heterocycles. The van der Waals surface area contributed by atoms with Crippen LogP contribution in [0.25, 0.3) is 11.1 Å². The van der Waals surface area contributed by atoms with Crippen molar-refractivity contribution in [1.29, 1.82) is 0 Å². The second-order valence-corrected chi connectivity index (χ2v) is 6.94. The average Bonchev–Trinajstić information content (AvgIpc) is 2.53. The molecule has 0 amide bonds. The lowest BCUT2D eigenvalue weighted by Crippen LogP contribution is -2.38. The topological polar surface area (TPSA) is 43.7 Å². The van der Waals surface area contributed by atoms with Gasteiger partial charge in [-0.05, 0) is 66.3 Å². The number of phenols is 2. The van der Waals surface area contributed by atoms with E-state index >= 15 is 0 Å². The molecule has 2 aromatic carbocycles. The van der Waals surface area contributed by atoms with Gasteiger partial charge in [0.15, 0.2) is 11.5 Å². The molecule has 2 aliphatic rings. The van der Waals surface area contributed by atoms with Crippen molar-refractivity contribution in [3.05, 3.63) is 46.0 Å². The van der Waals surface area contributed by atoms with Gasteiger partial charge in [0.2, 0.25) is 0 Å². The van der Waals surface area contributed by atoms with Crippen LogP contribution in [0, 0.1) is 0 Å². The second kappa shape index (κ2) is 5.43. The molecule has 0 radical (unpaired) electrons. The molecule has 2 aromatic rings. The lowest BCUT2D eigenvalue weighted by molar-refractivity contribution is 0.183. The molecule has 23 heavy (non-hydrogen) atoms. The molecule has 0 saturated carbocycles. The van der Waals surface area contributed by atoms with Crippen molar-refractivity contribution in [2.75, 3.05) is 13.1 Å². The molecule has 0 spiro atoms. The summed E-state index contributed by atoms with van der Waals surface area (Å²) >= 11 is 6.33. The maximum atomic E-state index is 10.4. The van der Waals surface area contributed by atoms with Crippen LogP contribution in [0.5, 0.6) is 11.5 Å². The molecular weight excluding hydrogens is 309 g/mol. The van der Waals surface area contributed by atoms with Gasteiger partial charge in [-0.25, -0.2) is 0 Å². The molecular formula is C19H20ClNO2. The predicted molar refractivity (Wildman–Crippen MR) is 92.2 cm³/mol. The summed E-state index contributed by atoms with van der Waals surface area (Å²) in [4.78, 5) is 2.53. The van der Waals surface area contributed by atoms with E-state index in [-0.39, 0.29) is 11.5 Å². The van der Waals surface area contributed by atoms with Gasteiger partial charge in [0.05, 0.1) is 0 Å². The third-order valence-corrected chi connectivity index (χ3v) is 5.33. The van der Waals surface area contributed by atoms with E-state index < -0.39 is 0 Å². The fourth-order valence-electron chi connectivity index (χ4n) is 4.17. The quantitative estimate of drug-likeness (QED) is 0.808. The number of benzene rings is 2. The van der Waals surface area contributed by atoms with Crippen molar-refractivity contribution in [3.8, 4) is 22.6 Å². The first-order chi connectivity index (χ1) is 11.1. The molecule has 1 atom stereocenters. The maximum Gasteiger partial charge on any atom is 0.165 e. The SMILES string of the molecule is CC[11CH2]N1CCc2cc(Cl)cc3c2[C@H]1Cc1ccc(O)c(O)c1-3. The zero-order valence-electron chi connectivity index (χ0n) is 13.1. The van der Waals surface area contributed by atoms with E-state index in [1.165, 1.54) is 11.1 Å². The molecule has 0 unspecified atom stereocenters. The van der Waals surface area contributed by atoms with Crippen LogP contribution < -0.4 is 0 Å². The molecule has 3 nitrogen and oxygen atoms in total. The minimum absolute atomic E-state index is 0.0296. The summed E-state index contributed by atoms with van der Waals surface area (Å²) in [5, 5.41) is 21.0. The smallest absolute Gasteiger partial charge is 0.165 e. The summed E-state index contributed by atoms with van der Waals surface area (Å²) < 4.78 is 0. The van der Waals surface area contributed by atoms with E-state index in [1.807, 2.05) is 12.1 Å². The molecule has 0 saturated heterocycles. The number of hydrogen-bond acceptors (Lipinski definition) is 3. The van der Waals surface area contributed by atoms with Gasteiger partial charge < -0.3 is 10.2 Å². The Labute approximate surface area is 141 Å². The average molecular weight is 329 g/mol. The number of phenolic OH excluding ortho intramolecular Hbond substituents is 2. The lowest BCUT2D eigenvalue weighted by atomic mass is 9.74. The number of hydrogen-bond donors (Lipinski definition) is 2. The van der Waals surface area contributed by atoms with Crippen molar-refractivity contribution in [2.45, 2.75) is 32.2 Å². The van der Waals surface area contributed by atoms with E-state index in [1.54, 1.807) is 6.07 Å². The number of nitrogens with zero attached hydrogens (tertiary/aromatic N) is 1. The van der Waals surface area contributed by atoms with Crippen LogP contribution in [-0.4, -0.2) is 28.2 Å². The van der Waals surface area contributed by atoms with E-state index in [4.69, 9.17) is 11.6 Å². The Morgan fingerprint density at radius 3 is 2.83 bits per heavy atom. The first-order valence-electron chi connectivity index (χ1n) is 8.20. The molecule has 4 rings (SSSR count). The highest BCUT2D eigenvalue weighted by atomic mass is 35.5. The van der Waals surface area contributed by atoms with Gasteiger partial charge in [-0.1, -0.05) is 24.6 Å². The minimum atomic E-state index is -0.0721. The van der Waals surface area contributed by atoms with Crippen LogP contribution >= 0.6 is 11.6 Å². The fraction of sp³-hybridized carbons (Fsp3) is 0.368. The number of fused-ring (bicyclic) bond motifs is 2. The van der Waals surface area contributed by atoms with Gasteiger partial charge in [0.1, 0.15) is 0 Å². The summed E-state index contributed by atoms with van der Waals surface area (Å²) in [7, 11) is 0. The van der Waals surface area contributed by atoms with Gasteiger partial charge in [0.25, 0.3) is 0 Å². The Kier molecular flexibility index (Phi) is 3.51. The van der Waals surface area contributed by atoms with E-state index in [2.05, 4.69) is 17.9 Å². The lowest BCUT2D eigenvalue weighted by Gasteiger charge is -2.42. The molecule has 1 aliphatic heterocycles. The molecule has 1 aliphatic carbocycles. The summed E-state index contributed by atoms with van der Waals surface area (Å²) in [6.07, 6.45) is 2.97. The zero-order valence-corrected chi connectivity index (χ0v) is 13.9. The predicted octanol–water partition coefficient (Wildman–Crippen LogP) is 4.28. The highest BCUT2D eigenvalue weighted by molar-refractivity contribution is 6.31. The third kappa shape index (κ3) is 2.22. The van der Waals surface area contributed by atoms with Crippen molar-refractivity contribution in [2.24, 2.45) is 0 Å². The Bertz CT molecular complexity index is 787. The molecule has 120 valence electrons. The summed E-state index contributed by atoms with van der Waals surface area (Å²) in [6.45, 7) is 4.33. The first-order valence-corrected chi connectivity index (χ1v) is 8.58. The molecule has 0 bridgehead atoms. The van der Waals surface area contributed by atoms with Crippen LogP contribution in [0.15, 0.2) is 24.3 Å². The largest absolute Gasteiger partial charge is 0.504 e. The number of aromatic hydroxyl groups is 2. The summed E-state index contributed by atoms with van der Waals surface area (Å²) in [6, 6.07) is 7.83. The summed E-state index contributed by atoms with van der Waals surface area (Å²) in [5.41, 5.74) is 5.36. The normalized spacial score (nSPS) is 19.3. The van der Waals surface area contributed by atoms with Crippen LogP contribution in [-0.2, 0) is 12.8 Å². The Morgan fingerprint density at radius 1 is 1.22 bits per heavy atom. The molecule has 4 heteroatoms. The van der Waals surface area contributed by atoms with E-state index in [9.17, 15) is 10.2 Å². The van der Waals surface area contributed by atoms with Crippen LogP contribution in [0.4, 0.5) is 0 Å². The van der Waals surface area contributed by atoms with Crippen LogP contribution in [0.3, 0.4) is 0 Å². The first kappa shape index (κ1) is 14.9.